The fourth-order valence-electron chi connectivity index (χ4n) is 1.60. The van der Waals surface area contributed by atoms with E-state index in [1.165, 1.54) is 6.07 Å². The Morgan fingerprint density at radius 2 is 1.73 bits per heavy atom. The van der Waals surface area contributed by atoms with E-state index < -0.39 is 32.2 Å². The number of hydrogen-bond acceptors (Lipinski definition) is 3. The van der Waals surface area contributed by atoms with E-state index in [1.807, 2.05) is 0 Å². The Morgan fingerprint density at radius 3 is 2.14 bits per heavy atom. The molecule has 0 radical (unpaired) electrons. The quantitative estimate of drug-likeness (QED) is 0.793. The molecule has 0 saturated heterocycles. The molecular weight excluding hydrogens is 317 g/mol. The van der Waals surface area contributed by atoms with Crippen LogP contribution in [0.2, 0.25) is 0 Å². The third kappa shape index (κ3) is 3.59. The number of sulfonamides is 1. The average Bonchev–Trinajstić information content (AvgIpc) is 2.45. The van der Waals surface area contributed by atoms with Crippen molar-refractivity contribution < 1.29 is 21.6 Å². The molecule has 0 bridgehead atoms. The highest BCUT2D eigenvalue weighted by Crippen LogP contribution is 2.33. The van der Waals surface area contributed by atoms with Crippen LogP contribution < -0.4 is 0 Å². The Hall–Kier alpha value is -2.47. The Morgan fingerprint density at radius 1 is 1.18 bits per heavy atom. The third-order valence-corrected chi connectivity index (χ3v) is 4.38. The van der Waals surface area contributed by atoms with Gasteiger partial charge in [0, 0.05) is 0 Å². The van der Waals surface area contributed by atoms with Gasteiger partial charge in [-0.15, -0.1) is 12.8 Å². The fraction of sp³-hybridized carbons (Fsp3) is 0.214. The van der Waals surface area contributed by atoms with Crippen LogP contribution in [0.1, 0.15) is 11.1 Å². The minimum absolute atomic E-state index is 0.338. The molecule has 0 amide bonds. The molecule has 1 aromatic rings. The van der Waals surface area contributed by atoms with Crippen molar-refractivity contribution in [3.05, 3.63) is 29.3 Å². The van der Waals surface area contributed by atoms with E-state index in [1.54, 1.807) is 0 Å². The van der Waals surface area contributed by atoms with Gasteiger partial charge >= 0.3 is 6.18 Å². The van der Waals surface area contributed by atoms with Crippen molar-refractivity contribution in [1.29, 1.82) is 5.26 Å². The maximum atomic E-state index is 12.7. The lowest BCUT2D eigenvalue weighted by Crippen LogP contribution is -2.32. The summed E-state index contributed by atoms with van der Waals surface area (Å²) in [5.41, 5.74) is -2.01. The zero-order valence-electron chi connectivity index (χ0n) is 11.1. The lowest BCUT2D eigenvalue weighted by molar-refractivity contribution is -0.137. The topological polar surface area (TPSA) is 61.2 Å². The summed E-state index contributed by atoms with van der Waals surface area (Å²) >= 11 is 0. The highest BCUT2D eigenvalue weighted by atomic mass is 32.2. The Bertz CT molecular complexity index is 777. The van der Waals surface area contributed by atoms with E-state index in [4.69, 9.17) is 18.1 Å². The third-order valence-electron chi connectivity index (χ3n) is 2.59. The van der Waals surface area contributed by atoms with Gasteiger partial charge in [-0.25, -0.2) is 8.42 Å². The number of nitriles is 1. The molecule has 0 saturated carbocycles. The zero-order valence-corrected chi connectivity index (χ0v) is 11.9. The highest BCUT2D eigenvalue weighted by Gasteiger charge is 2.35. The van der Waals surface area contributed by atoms with E-state index in [9.17, 15) is 21.6 Å². The van der Waals surface area contributed by atoms with Gasteiger partial charge in [-0.2, -0.15) is 22.7 Å². The van der Waals surface area contributed by atoms with Crippen LogP contribution in [0, 0.1) is 36.0 Å². The van der Waals surface area contributed by atoms with Crippen molar-refractivity contribution in [2.45, 2.75) is 11.1 Å². The predicted octanol–water partition coefficient (Wildman–Crippen LogP) is 1.83. The second-order valence-corrected chi connectivity index (χ2v) is 5.94. The van der Waals surface area contributed by atoms with Crippen LogP contribution in [0.15, 0.2) is 23.1 Å². The average molecular weight is 326 g/mol. The lowest BCUT2D eigenvalue weighted by Gasteiger charge is -2.18. The van der Waals surface area contributed by atoms with Crippen LogP contribution in [0.25, 0.3) is 0 Å². The van der Waals surface area contributed by atoms with Crippen molar-refractivity contribution >= 4 is 10.0 Å². The number of benzene rings is 1. The second-order valence-electron chi connectivity index (χ2n) is 4.00. The standard InChI is InChI=1S/C14H9F3N2O2S/c1-3-7-19(8-4-2)22(20,21)12-5-6-13(14(15,16)17)11(9-12)10-18/h1-2,5-6,9H,7-8H2. The molecule has 0 aliphatic carbocycles. The summed E-state index contributed by atoms with van der Waals surface area (Å²) in [5.74, 6) is 4.20. The molecule has 114 valence electrons. The first-order valence-electron chi connectivity index (χ1n) is 5.67. The number of alkyl halides is 3. The molecule has 1 aromatic carbocycles. The van der Waals surface area contributed by atoms with Gasteiger partial charge in [0.25, 0.3) is 0 Å². The monoisotopic (exact) mass is 326 g/mol. The molecule has 22 heavy (non-hydrogen) atoms. The number of terminal acetylenes is 2. The molecule has 0 heterocycles. The van der Waals surface area contributed by atoms with Gasteiger partial charge in [0.1, 0.15) is 0 Å². The van der Waals surface area contributed by atoms with Crippen LogP contribution in [0.5, 0.6) is 0 Å². The Labute approximate surface area is 126 Å². The van der Waals surface area contributed by atoms with Gasteiger partial charge in [-0.3, -0.25) is 0 Å². The highest BCUT2D eigenvalue weighted by molar-refractivity contribution is 7.89. The molecule has 4 nitrogen and oxygen atoms in total. The van der Waals surface area contributed by atoms with Gasteiger partial charge < -0.3 is 0 Å². The number of rotatable bonds is 4. The number of hydrogen-bond donors (Lipinski definition) is 0. The fourth-order valence-corrected chi connectivity index (χ4v) is 2.90. The van der Waals surface area contributed by atoms with Gasteiger partial charge in [0.15, 0.2) is 0 Å². The van der Waals surface area contributed by atoms with Gasteiger partial charge in [0.05, 0.1) is 35.2 Å². The minimum Gasteiger partial charge on any atom is -0.207 e. The van der Waals surface area contributed by atoms with Crippen molar-refractivity contribution in [1.82, 2.24) is 4.31 Å². The molecule has 0 aromatic heterocycles. The van der Waals surface area contributed by atoms with Crippen molar-refractivity contribution in [3.63, 3.8) is 0 Å². The van der Waals surface area contributed by atoms with Crippen LogP contribution in [0.3, 0.4) is 0 Å². The largest absolute Gasteiger partial charge is 0.417 e. The summed E-state index contributed by atoms with van der Waals surface area (Å²) in [6, 6.07) is 3.28. The number of halogens is 3. The molecule has 0 aliphatic heterocycles. The second kappa shape index (κ2) is 6.53. The molecule has 0 spiro atoms. The molecule has 0 N–H and O–H groups in total. The Kier molecular flexibility index (Phi) is 5.22. The van der Waals surface area contributed by atoms with E-state index in [0.29, 0.717) is 12.1 Å². The van der Waals surface area contributed by atoms with Crippen LogP contribution >= 0.6 is 0 Å². The summed E-state index contributed by atoms with van der Waals surface area (Å²) in [6.45, 7) is -0.676. The molecule has 8 heteroatoms. The summed E-state index contributed by atoms with van der Waals surface area (Å²) in [5, 5.41) is 8.79. The van der Waals surface area contributed by atoms with Gasteiger partial charge in [0.2, 0.25) is 10.0 Å². The maximum Gasteiger partial charge on any atom is 0.417 e. The van der Waals surface area contributed by atoms with E-state index in [-0.39, 0.29) is 13.1 Å². The summed E-state index contributed by atoms with van der Waals surface area (Å²) in [6.07, 6.45) is 5.33. The molecule has 0 unspecified atom stereocenters. The smallest absolute Gasteiger partial charge is 0.207 e. The van der Waals surface area contributed by atoms with Gasteiger partial charge in [-0.1, -0.05) is 11.8 Å². The van der Waals surface area contributed by atoms with Crippen molar-refractivity contribution in [2.24, 2.45) is 0 Å². The minimum atomic E-state index is -4.76. The lowest BCUT2D eigenvalue weighted by atomic mass is 10.1. The molecule has 0 fully saturated rings. The first-order chi connectivity index (χ1) is 10.2. The summed E-state index contributed by atoms with van der Waals surface area (Å²) in [4.78, 5) is -0.484. The first kappa shape index (κ1) is 17.6. The Balaban J connectivity index is 3.43. The van der Waals surface area contributed by atoms with E-state index in [0.717, 1.165) is 10.4 Å². The number of nitrogens with zero attached hydrogens (tertiary/aromatic N) is 2. The zero-order chi connectivity index (χ0) is 17.0. The van der Waals surface area contributed by atoms with Crippen LogP contribution in [-0.4, -0.2) is 25.8 Å². The molecular formula is C14H9F3N2O2S. The maximum absolute atomic E-state index is 12.7. The van der Waals surface area contributed by atoms with Crippen LogP contribution in [-0.2, 0) is 16.2 Å². The summed E-state index contributed by atoms with van der Waals surface area (Å²) in [7, 11) is -4.19. The first-order valence-corrected chi connectivity index (χ1v) is 7.11. The normalized spacial score (nSPS) is 11.5. The SMILES string of the molecule is C#CCN(CC#C)S(=O)(=O)c1ccc(C(F)(F)F)c(C#N)c1. The van der Waals surface area contributed by atoms with E-state index >= 15 is 0 Å². The summed E-state index contributed by atoms with van der Waals surface area (Å²) < 4.78 is 63.4. The predicted molar refractivity (Wildman–Crippen MR) is 72.6 cm³/mol. The van der Waals surface area contributed by atoms with Gasteiger partial charge in [-0.05, 0) is 18.2 Å². The van der Waals surface area contributed by atoms with E-state index in [2.05, 4.69) is 11.8 Å². The van der Waals surface area contributed by atoms with Crippen LogP contribution in [0.4, 0.5) is 13.2 Å². The van der Waals surface area contributed by atoms with Crippen molar-refractivity contribution in [2.75, 3.05) is 13.1 Å². The molecule has 0 atom stereocenters. The van der Waals surface area contributed by atoms with Crippen molar-refractivity contribution in [3.8, 4) is 30.8 Å². The molecule has 0 aliphatic rings. The molecule has 1 rings (SSSR count).